The van der Waals surface area contributed by atoms with E-state index in [0.717, 1.165) is 67.6 Å². The van der Waals surface area contributed by atoms with E-state index in [-0.39, 0.29) is 47.4 Å². The Morgan fingerprint density at radius 2 is 1.64 bits per heavy atom. The van der Waals surface area contributed by atoms with Crippen molar-refractivity contribution in [1.82, 2.24) is 15.1 Å². The number of nitrogens with one attached hydrogen (secondary N) is 1. The first-order valence-corrected chi connectivity index (χ1v) is 17.2. The van der Waals surface area contributed by atoms with Crippen LogP contribution in [0.15, 0.2) is 48.5 Å². The van der Waals surface area contributed by atoms with Gasteiger partial charge in [0.05, 0.1) is 31.1 Å². The Balaban J connectivity index is 0.960. The van der Waals surface area contributed by atoms with Crippen molar-refractivity contribution in [3.8, 4) is 17.6 Å². The zero-order valence-electron chi connectivity index (χ0n) is 26.9. The van der Waals surface area contributed by atoms with Gasteiger partial charge in [0.2, 0.25) is 23.6 Å². The van der Waals surface area contributed by atoms with Crippen LogP contribution in [-0.4, -0.2) is 71.8 Å². The second-order valence-electron chi connectivity index (χ2n) is 13.3. The highest BCUT2D eigenvalue weighted by atomic mass is 16.5. The molecule has 1 N–H and O–H groups in total. The maximum absolute atomic E-state index is 13.7. The average molecular weight is 641 g/mol. The first kappa shape index (κ1) is 32.5. The van der Waals surface area contributed by atoms with Crippen LogP contribution in [0.4, 0.5) is 0 Å². The smallest absolute Gasteiger partial charge is 0.245 e. The summed E-state index contributed by atoms with van der Waals surface area (Å²) in [6.45, 7) is 1.90. The van der Waals surface area contributed by atoms with Gasteiger partial charge in [-0.15, -0.1) is 0 Å². The van der Waals surface area contributed by atoms with Gasteiger partial charge >= 0.3 is 0 Å². The number of ether oxygens (including phenoxy) is 2. The van der Waals surface area contributed by atoms with Gasteiger partial charge < -0.3 is 19.3 Å². The maximum Gasteiger partial charge on any atom is 0.245 e. The Morgan fingerprint density at radius 3 is 2.40 bits per heavy atom. The summed E-state index contributed by atoms with van der Waals surface area (Å²) in [5.74, 6) is 0.366. The summed E-state index contributed by atoms with van der Waals surface area (Å²) in [7, 11) is 0. The molecule has 2 unspecified atom stereocenters. The second kappa shape index (κ2) is 15.0. The van der Waals surface area contributed by atoms with Crippen molar-refractivity contribution in [3.05, 3.63) is 59.7 Å². The minimum atomic E-state index is -0.403. The molecule has 4 heterocycles. The van der Waals surface area contributed by atoms with Gasteiger partial charge in [0.1, 0.15) is 17.5 Å². The van der Waals surface area contributed by atoms with Gasteiger partial charge in [0, 0.05) is 37.9 Å². The summed E-state index contributed by atoms with van der Waals surface area (Å²) in [6.07, 6.45) is 8.62. The normalized spacial score (nSPS) is 26.2. The summed E-state index contributed by atoms with van der Waals surface area (Å²) in [5.41, 5.74) is 1.86. The largest absolute Gasteiger partial charge is 0.494 e. The number of nitriles is 1. The standard InChI is InChI=1S/C37H44N4O6/c38-22-27-23-40(37(45)33-17-13-28-8-2-1-3-10-35(43)41(28)33)24-32(27)26-7-6-9-30(21-26)47-20-5-4-19-46-29-14-11-25(12-15-29)31-16-18-34(42)39-36(31)44/h6-7,9,11-12,14-15,21,27-28,31-33H,1-5,8,10,13,16-20,23-24H2,(H,39,42,44)/t27-,28+,31?,32?,33+/m1/s1. The van der Waals surface area contributed by atoms with Gasteiger partial charge in [-0.1, -0.05) is 37.1 Å². The number of nitrogens with zero attached hydrogens (tertiary/aromatic N) is 3. The lowest BCUT2D eigenvalue weighted by atomic mass is 9.90. The number of benzene rings is 2. The molecule has 10 heteroatoms. The highest BCUT2D eigenvalue weighted by Crippen LogP contribution is 2.37. The summed E-state index contributed by atoms with van der Waals surface area (Å²) < 4.78 is 11.9. The SMILES string of the molecule is N#C[C@@H]1CN(C(=O)[C@@H]2CC[C@@H]3CCCCCC(=O)N32)CC1c1cccc(OCCCCOc2ccc(C3CCC(=O)NC3=O)cc2)c1. The van der Waals surface area contributed by atoms with Gasteiger partial charge in [-0.3, -0.25) is 24.5 Å². The Labute approximate surface area is 276 Å². The fourth-order valence-electron chi connectivity index (χ4n) is 7.64. The van der Waals surface area contributed by atoms with Crippen LogP contribution in [0.5, 0.6) is 11.5 Å². The molecule has 2 aromatic rings. The second-order valence-corrected chi connectivity index (χ2v) is 13.3. The predicted molar refractivity (Wildman–Crippen MR) is 173 cm³/mol. The molecule has 0 spiro atoms. The fourth-order valence-corrected chi connectivity index (χ4v) is 7.64. The lowest BCUT2D eigenvalue weighted by Crippen LogP contribution is -2.50. The van der Waals surface area contributed by atoms with Crippen molar-refractivity contribution < 1.29 is 28.7 Å². The number of hydrogen-bond acceptors (Lipinski definition) is 7. The predicted octanol–water partition coefficient (Wildman–Crippen LogP) is 4.83. The van der Waals surface area contributed by atoms with Crippen molar-refractivity contribution in [3.63, 3.8) is 0 Å². The number of amides is 4. The monoisotopic (exact) mass is 640 g/mol. The molecule has 10 nitrogen and oxygen atoms in total. The lowest BCUT2D eigenvalue weighted by molar-refractivity contribution is -0.145. The molecule has 4 saturated heterocycles. The Morgan fingerprint density at radius 1 is 0.851 bits per heavy atom. The minimum absolute atomic E-state index is 0.0101. The molecule has 5 atom stereocenters. The number of unbranched alkanes of at least 4 members (excludes halogenated alkanes) is 1. The van der Waals surface area contributed by atoms with Gasteiger partial charge in [-0.25, -0.2) is 0 Å². The third-order valence-corrected chi connectivity index (χ3v) is 10.2. The summed E-state index contributed by atoms with van der Waals surface area (Å²) in [5, 5.41) is 12.4. The van der Waals surface area contributed by atoms with Crippen LogP contribution in [0.25, 0.3) is 0 Å². The number of piperidine rings is 1. The number of imide groups is 1. The molecule has 4 amide bonds. The third kappa shape index (κ3) is 7.61. The zero-order valence-corrected chi connectivity index (χ0v) is 26.9. The van der Waals surface area contributed by atoms with Gasteiger partial charge in [-0.05, 0) is 80.3 Å². The Kier molecular flexibility index (Phi) is 10.4. The first-order chi connectivity index (χ1) is 22.9. The van der Waals surface area contributed by atoms with E-state index in [1.54, 1.807) is 0 Å². The van der Waals surface area contributed by atoms with Crippen LogP contribution in [-0.2, 0) is 19.2 Å². The number of likely N-dealkylation sites (tertiary alicyclic amines) is 1. The van der Waals surface area contributed by atoms with E-state index in [1.807, 2.05) is 58.3 Å². The lowest BCUT2D eigenvalue weighted by Gasteiger charge is -2.33. The topological polar surface area (TPSA) is 129 Å². The van der Waals surface area contributed by atoms with Crippen molar-refractivity contribution >= 4 is 23.6 Å². The number of hydrogen-bond donors (Lipinski definition) is 1. The number of carbonyl (C=O) groups excluding carboxylic acids is 4. The average Bonchev–Trinajstić information content (AvgIpc) is 3.70. The van der Waals surface area contributed by atoms with Gasteiger partial charge in [0.25, 0.3) is 0 Å². The number of carbonyl (C=O) groups is 4. The van der Waals surface area contributed by atoms with Crippen molar-refractivity contribution in [1.29, 1.82) is 5.26 Å². The minimum Gasteiger partial charge on any atom is -0.494 e. The molecule has 4 aliphatic rings. The summed E-state index contributed by atoms with van der Waals surface area (Å²) >= 11 is 0. The Bertz CT molecular complexity index is 1500. The quantitative estimate of drug-likeness (QED) is 0.291. The van der Waals surface area contributed by atoms with Crippen LogP contribution in [0.2, 0.25) is 0 Å². The van der Waals surface area contributed by atoms with E-state index in [2.05, 4.69) is 11.4 Å². The van der Waals surface area contributed by atoms with Gasteiger partial charge in [-0.2, -0.15) is 5.26 Å². The number of rotatable bonds is 10. The van der Waals surface area contributed by atoms with E-state index in [0.29, 0.717) is 52.0 Å². The molecule has 47 heavy (non-hydrogen) atoms. The van der Waals surface area contributed by atoms with E-state index in [9.17, 15) is 24.4 Å². The van der Waals surface area contributed by atoms with Gasteiger partial charge in [0.15, 0.2) is 0 Å². The Hall–Kier alpha value is -4.39. The molecule has 248 valence electrons. The summed E-state index contributed by atoms with van der Waals surface area (Å²) in [4.78, 5) is 53.9. The fraction of sp³-hybridized carbons (Fsp3) is 0.541. The molecule has 0 radical (unpaired) electrons. The van der Waals surface area contributed by atoms with Crippen LogP contribution >= 0.6 is 0 Å². The van der Waals surface area contributed by atoms with E-state index < -0.39 is 6.04 Å². The first-order valence-electron chi connectivity index (χ1n) is 17.2. The van der Waals surface area contributed by atoms with E-state index in [1.165, 1.54) is 0 Å². The highest BCUT2D eigenvalue weighted by Gasteiger charge is 2.45. The molecular weight excluding hydrogens is 596 g/mol. The highest BCUT2D eigenvalue weighted by molar-refractivity contribution is 6.00. The zero-order chi connectivity index (χ0) is 32.8. The van der Waals surface area contributed by atoms with Crippen molar-refractivity contribution in [2.75, 3.05) is 26.3 Å². The molecule has 0 bridgehead atoms. The maximum atomic E-state index is 13.7. The molecule has 4 aliphatic heterocycles. The van der Waals surface area contributed by atoms with Crippen LogP contribution in [0, 0.1) is 17.2 Å². The third-order valence-electron chi connectivity index (χ3n) is 10.2. The molecule has 0 saturated carbocycles. The summed E-state index contributed by atoms with van der Waals surface area (Å²) in [6, 6.07) is 17.5. The van der Waals surface area contributed by atoms with Crippen LogP contribution in [0.1, 0.15) is 93.6 Å². The molecule has 0 aromatic heterocycles. The molecule has 4 fully saturated rings. The van der Waals surface area contributed by atoms with E-state index in [4.69, 9.17) is 9.47 Å². The molecule has 2 aromatic carbocycles. The van der Waals surface area contributed by atoms with Crippen LogP contribution < -0.4 is 14.8 Å². The molecule has 6 rings (SSSR count). The van der Waals surface area contributed by atoms with Crippen molar-refractivity contribution in [2.24, 2.45) is 5.92 Å². The van der Waals surface area contributed by atoms with Crippen molar-refractivity contribution in [2.45, 2.75) is 94.5 Å². The molecule has 0 aliphatic carbocycles. The molecular formula is C37H44N4O6. The number of fused-ring (bicyclic) bond motifs is 1. The van der Waals surface area contributed by atoms with E-state index >= 15 is 0 Å². The van der Waals surface area contributed by atoms with Crippen LogP contribution in [0.3, 0.4) is 0 Å².